The highest BCUT2D eigenvalue weighted by Gasteiger charge is 2.12. The topological polar surface area (TPSA) is 96.2 Å². The first-order valence-corrected chi connectivity index (χ1v) is 9.19. The van der Waals surface area contributed by atoms with Gasteiger partial charge < -0.3 is 20.1 Å². The van der Waals surface area contributed by atoms with Crippen LogP contribution in [0.15, 0.2) is 41.2 Å². The molecule has 2 aromatic heterocycles. The van der Waals surface area contributed by atoms with E-state index in [2.05, 4.69) is 50.6 Å². The van der Waals surface area contributed by atoms with Crippen molar-refractivity contribution in [3.8, 4) is 0 Å². The van der Waals surface area contributed by atoms with E-state index in [1.165, 1.54) is 6.33 Å². The van der Waals surface area contributed by atoms with E-state index in [4.69, 9.17) is 4.52 Å². The van der Waals surface area contributed by atoms with Gasteiger partial charge in [-0.1, -0.05) is 5.16 Å². The van der Waals surface area contributed by atoms with Crippen molar-refractivity contribution in [1.29, 1.82) is 0 Å². The van der Waals surface area contributed by atoms with Crippen LogP contribution in [0.3, 0.4) is 0 Å². The average molecular weight is 380 g/mol. The van der Waals surface area contributed by atoms with Crippen molar-refractivity contribution in [2.24, 2.45) is 0 Å². The maximum Gasteiger partial charge on any atom is 0.274 e. The molecular formula is C20H24N6O2. The van der Waals surface area contributed by atoms with Crippen molar-refractivity contribution in [1.82, 2.24) is 15.1 Å². The molecule has 0 atom stereocenters. The molecule has 146 valence electrons. The summed E-state index contributed by atoms with van der Waals surface area (Å²) in [6.45, 7) is 9.88. The zero-order valence-corrected chi connectivity index (χ0v) is 16.5. The molecule has 0 saturated heterocycles. The quantitative estimate of drug-likeness (QED) is 0.641. The molecule has 0 saturated carbocycles. The predicted octanol–water partition coefficient (Wildman–Crippen LogP) is 3.92. The molecule has 8 heteroatoms. The zero-order valence-electron chi connectivity index (χ0n) is 16.5. The molecule has 1 amide bonds. The molecule has 0 aliphatic carbocycles. The smallest absolute Gasteiger partial charge is 0.274 e. The van der Waals surface area contributed by atoms with E-state index in [-0.39, 0.29) is 11.6 Å². The Morgan fingerprint density at radius 2 is 1.86 bits per heavy atom. The standard InChI is InChI=1S/C20H24N6O2/c1-5-26(6-2)15-7-8-16(13(3)9-15)23-20(27)17-11-18(22-12-21-17)24-19-10-14(4)28-25-19/h7-12H,5-6H2,1-4H3,(H,23,27)(H,21,22,24,25). The summed E-state index contributed by atoms with van der Waals surface area (Å²) in [7, 11) is 0. The van der Waals surface area contributed by atoms with Crippen LogP contribution in [0, 0.1) is 13.8 Å². The van der Waals surface area contributed by atoms with E-state index in [9.17, 15) is 4.79 Å². The van der Waals surface area contributed by atoms with E-state index in [1.54, 1.807) is 19.1 Å². The summed E-state index contributed by atoms with van der Waals surface area (Å²) in [6.07, 6.45) is 1.33. The Kier molecular flexibility index (Phi) is 5.88. The van der Waals surface area contributed by atoms with Crippen molar-refractivity contribution in [2.75, 3.05) is 28.6 Å². The third-order valence-corrected chi connectivity index (χ3v) is 4.37. The van der Waals surface area contributed by atoms with Crippen LogP contribution in [-0.4, -0.2) is 34.1 Å². The third kappa shape index (κ3) is 4.46. The first kappa shape index (κ1) is 19.3. The van der Waals surface area contributed by atoms with Gasteiger partial charge in [-0.15, -0.1) is 0 Å². The van der Waals surface area contributed by atoms with Crippen LogP contribution in [0.4, 0.5) is 23.0 Å². The number of rotatable bonds is 7. The van der Waals surface area contributed by atoms with Crippen molar-refractivity contribution < 1.29 is 9.32 Å². The van der Waals surface area contributed by atoms with Crippen molar-refractivity contribution in [3.05, 3.63) is 53.7 Å². The van der Waals surface area contributed by atoms with Crippen LogP contribution in [0.25, 0.3) is 0 Å². The number of nitrogens with zero attached hydrogens (tertiary/aromatic N) is 4. The summed E-state index contributed by atoms with van der Waals surface area (Å²) < 4.78 is 5.01. The highest BCUT2D eigenvalue weighted by atomic mass is 16.5. The Hall–Kier alpha value is -3.42. The minimum absolute atomic E-state index is 0.255. The number of aryl methyl sites for hydroxylation is 2. The van der Waals surface area contributed by atoms with Gasteiger partial charge in [0.25, 0.3) is 5.91 Å². The molecule has 2 N–H and O–H groups in total. The van der Waals surface area contributed by atoms with Gasteiger partial charge in [0, 0.05) is 36.6 Å². The number of amides is 1. The summed E-state index contributed by atoms with van der Waals surface area (Å²) >= 11 is 0. The van der Waals surface area contributed by atoms with Gasteiger partial charge in [-0.3, -0.25) is 4.79 Å². The van der Waals surface area contributed by atoms with E-state index in [0.717, 1.165) is 30.0 Å². The number of anilines is 4. The molecular weight excluding hydrogens is 356 g/mol. The van der Waals surface area contributed by atoms with Gasteiger partial charge >= 0.3 is 0 Å². The van der Waals surface area contributed by atoms with Crippen molar-refractivity contribution in [3.63, 3.8) is 0 Å². The van der Waals surface area contributed by atoms with Gasteiger partial charge in [0.05, 0.1) is 0 Å². The fourth-order valence-electron chi connectivity index (χ4n) is 2.87. The Bertz CT molecular complexity index is 965. The summed E-state index contributed by atoms with van der Waals surface area (Å²) in [5.74, 6) is 1.35. The summed E-state index contributed by atoms with van der Waals surface area (Å²) in [6, 6.07) is 9.30. The Morgan fingerprint density at radius 3 is 2.50 bits per heavy atom. The molecule has 3 rings (SSSR count). The largest absolute Gasteiger partial charge is 0.372 e. The van der Waals surface area contributed by atoms with Gasteiger partial charge in [-0.05, 0) is 51.5 Å². The van der Waals surface area contributed by atoms with Crippen LogP contribution in [0.1, 0.15) is 35.7 Å². The molecule has 1 aromatic carbocycles. The molecule has 28 heavy (non-hydrogen) atoms. The monoisotopic (exact) mass is 380 g/mol. The first-order chi connectivity index (χ1) is 13.5. The maximum atomic E-state index is 12.6. The molecule has 0 unspecified atom stereocenters. The highest BCUT2D eigenvalue weighted by Crippen LogP contribution is 2.23. The van der Waals surface area contributed by atoms with Crippen LogP contribution < -0.4 is 15.5 Å². The fourth-order valence-corrected chi connectivity index (χ4v) is 2.87. The van der Waals surface area contributed by atoms with Gasteiger partial charge in [-0.25, -0.2) is 9.97 Å². The second kappa shape index (κ2) is 8.51. The third-order valence-electron chi connectivity index (χ3n) is 4.37. The summed E-state index contributed by atoms with van der Waals surface area (Å²) in [5.41, 5.74) is 3.13. The molecule has 0 aliphatic heterocycles. The molecule has 0 radical (unpaired) electrons. The van der Waals surface area contributed by atoms with Crippen LogP contribution in [-0.2, 0) is 0 Å². The molecule has 8 nitrogen and oxygen atoms in total. The summed E-state index contributed by atoms with van der Waals surface area (Å²) in [4.78, 5) is 23.1. The fraction of sp³-hybridized carbons (Fsp3) is 0.300. The molecule has 0 fully saturated rings. The van der Waals surface area contributed by atoms with E-state index in [0.29, 0.717) is 17.4 Å². The lowest BCUT2D eigenvalue weighted by Gasteiger charge is -2.22. The first-order valence-electron chi connectivity index (χ1n) is 9.19. The Morgan fingerprint density at radius 1 is 1.07 bits per heavy atom. The minimum Gasteiger partial charge on any atom is -0.372 e. The average Bonchev–Trinajstić information content (AvgIpc) is 3.09. The highest BCUT2D eigenvalue weighted by molar-refractivity contribution is 6.03. The van der Waals surface area contributed by atoms with Gasteiger partial charge in [0.15, 0.2) is 5.82 Å². The van der Waals surface area contributed by atoms with Crippen molar-refractivity contribution in [2.45, 2.75) is 27.7 Å². The Balaban J connectivity index is 1.73. The molecule has 0 aliphatic rings. The van der Waals surface area contributed by atoms with Crippen LogP contribution in [0.5, 0.6) is 0 Å². The molecule has 0 bridgehead atoms. The second-order valence-corrected chi connectivity index (χ2v) is 6.36. The normalized spacial score (nSPS) is 10.6. The lowest BCUT2D eigenvalue weighted by molar-refractivity contribution is 0.102. The molecule has 0 spiro atoms. The van der Waals surface area contributed by atoms with E-state index >= 15 is 0 Å². The number of aromatic nitrogens is 3. The van der Waals surface area contributed by atoms with Crippen LogP contribution in [0.2, 0.25) is 0 Å². The van der Waals surface area contributed by atoms with Gasteiger partial charge in [0.1, 0.15) is 23.6 Å². The second-order valence-electron chi connectivity index (χ2n) is 6.36. The SMILES string of the molecule is CCN(CC)c1ccc(NC(=O)c2cc(Nc3cc(C)on3)ncn2)c(C)c1. The van der Waals surface area contributed by atoms with E-state index < -0.39 is 0 Å². The summed E-state index contributed by atoms with van der Waals surface area (Å²) in [5, 5.41) is 9.75. The minimum atomic E-state index is -0.305. The van der Waals surface area contributed by atoms with Crippen molar-refractivity contribution >= 4 is 28.9 Å². The Labute approximate surface area is 164 Å². The number of carbonyl (C=O) groups excluding carboxylic acids is 1. The molecule has 2 heterocycles. The maximum absolute atomic E-state index is 12.6. The van der Waals surface area contributed by atoms with E-state index in [1.807, 2.05) is 19.1 Å². The lowest BCUT2D eigenvalue weighted by atomic mass is 10.1. The number of benzene rings is 1. The van der Waals surface area contributed by atoms with Gasteiger partial charge in [0.2, 0.25) is 0 Å². The van der Waals surface area contributed by atoms with Crippen LogP contribution >= 0.6 is 0 Å². The number of nitrogens with one attached hydrogen (secondary N) is 2. The number of hydrogen-bond acceptors (Lipinski definition) is 7. The predicted molar refractivity (Wildman–Crippen MR) is 109 cm³/mol. The molecule has 3 aromatic rings. The number of carbonyl (C=O) groups is 1. The van der Waals surface area contributed by atoms with Gasteiger partial charge in [-0.2, -0.15) is 0 Å². The lowest BCUT2D eigenvalue weighted by Crippen LogP contribution is -2.22. The number of hydrogen-bond donors (Lipinski definition) is 2. The zero-order chi connectivity index (χ0) is 20.1.